The first-order valence-corrected chi connectivity index (χ1v) is 7.10. The topological polar surface area (TPSA) is 43.9 Å². The van der Waals surface area contributed by atoms with Crippen LogP contribution in [0, 0.1) is 0 Å². The number of hydrogen-bond acceptors (Lipinski definition) is 3. The second-order valence-corrected chi connectivity index (χ2v) is 5.21. The Bertz CT molecular complexity index is 1120. The Morgan fingerprint density at radius 1 is 0.909 bits per heavy atom. The third-order valence-corrected chi connectivity index (χ3v) is 3.97. The number of furan rings is 1. The summed E-state index contributed by atoms with van der Waals surface area (Å²) < 4.78 is 8.19. The van der Waals surface area contributed by atoms with Crippen LogP contribution in [0.15, 0.2) is 71.5 Å². The highest BCUT2D eigenvalue weighted by molar-refractivity contribution is 6.18. The fourth-order valence-electron chi connectivity index (χ4n) is 3.04. The first-order valence-electron chi connectivity index (χ1n) is 7.10. The average Bonchev–Trinajstić information content (AvgIpc) is 3.10. The van der Waals surface area contributed by atoms with Gasteiger partial charge in [-0.2, -0.15) is 0 Å². The summed E-state index contributed by atoms with van der Waals surface area (Å²) >= 11 is 0. The Balaban J connectivity index is 2.07. The highest BCUT2D eigenvalue weighted by Crippen LogP contribution is 2.37. The lowest BCUT2D eigenvalue weighted by Gasteiger charge is -2.04. The first kappa shape index (κ1) is 11.5. The van der Waals surface area contributed by atoms with Gasteiger partial charge in [0.2, 0.25) is 5.71 Å². The van der Waals surface area contributed by atoms with Gasteiger partial charge in [-0.05, 0) is 18.2 Å². The van der Waals surface area contributed by atoms with Crippen molar-refractivity contribution in [2.24, 2.45) is 0 Å². The van der Waals surface area contributed by atoms with E-state index < -0.39 is 0 Å². The second kappa shape index (κ2) is 4.18. The second-order valence-electron chi connectivity index (χ2n) is 5.21. The highest BCUT2D eigenvalue weighted by Gasteiger charge is 2.19. The van der Waals surface area contributed by atoms with E-state index in [1.165, 1.54) is 0 Å². The maximum absolute atomic E-state index is 6.12. The van der Waals surface area contributed by atoms with Crippen molar-refractivity contribution < 1.29 is 4.42 Å². The summed E-state index contributed by atoms with van der Waals surface area (Å²) in [4.78, 5) is 8.67. The molecule has 4 nitrogen and oxygen atoms in total. The summed E-state index contributed by atoms with van der Waals surface area (Å²) in [5, 5.41) is 2.12. The van der Waals surface area contributed by atoms with E-state index in [4.69, 9.17) is 4.42 Å². The van der Waals surface area contributed by atoms with Crippen LogP contribution in [-0.4, -0.2) is 14.5 Å². The Kier molecular flexibility index (Phi) is 2.19. The number of aromatic nitrogens is 3. The van der Waals surface area contributed by atoms with Crippen LogP contribution < -0.4 is 0 Å². The number of benzene rings is 2. The van der Waals surface area contributed by atoms with E-state index in [0.29, 0.717) is 0 Å². The monoisotopic (exact) mass is 285 g/mol. The van der Waals surface area contributed by atoms with Crippen molar-refractivity contribution in [1.29, 1.82) is 0 Å². The third-order valence-electron chi connectivity index (χ3n) is 3.97. The predicted molar refractivity (Wildman–Crippen MR) is 86.1 cm³/mol. The fraction of sp³-hybridized carbons (Fsp3) is 0. The number of fused-ring (bicyclic) bond motifs is 5. The van der Waals surface area contributed by atoms with Crippen molar-refractivity contribution in [3.63, 3.8) is 0 Å². The van der Waals surface area contributed by atoms with E-state index in [0.717, 1.165) is 38.8 Å². The highest BCUT2D eigenvalue weighted by atomic mass is 16.3. The van der Waals surface area contributed by atoms with Gasteiger partial charge >= 0.3 is 0 Å². The lowest BCUT2D eigenvalue weighted by Crippen LogP contribution is -1.93. The van der Waals surface area contributed by atoms with E-state index in [2.05, 4.69) is 32.7 Å². The molecule has 0 aliphatic carbocycles. The molecule has 0 N–H and O–H groups in total. The van der Waals surface area contributed by atoms with Gasteiger partial charge < -0.3 is 4.42 Å². The molecule has 0 spiro atoms. The minimum atomic E-state index is 0.808. The quantitative estimate of drug-likeness (QED) is 0.460. The van der Waals surface area contributed by atoms with Crippen LogP contribution in [0.2, 0.25) is 0 Å². The van der Waals surface area contributed by atoms with Gasteiger partial charge in [-0.15, -0.1) is 0 Å². The smallest absolute Gasteiger partial charge is 0.215 e. The van der Waals surface area contributed by atoms with Gasteiger partial charge in [0.1, 0.15) is 17.4 Å². The molecule has 4 heteroatoms. The first-order chi connectivity index (χ1) is 10.9. The molecule has 5 aromatic rings. The summed E-state index contributed by atoms with van der Waals surface area (Å²) in [6.07, 6.45) is 3.42. The molecule has 0 bridgehead atoms. The lowest BCUT2D eigenvalue weighted by molar-refractivity contribution is 0.645. The van der Waals surface area contributed by atoms with Gasteiger partial charge in [0.15, 0.2) is 0 Å². The van der Waals surface area contributed by atoms with Gasteiger partial charge in [0.05, 0.1) is 17.1 Å². The van der Waals surface area contributed by atoms with E-state index >= 15 is 0 Å². The van der Waals surface area contributed by atoms with Crippen molar-refractivity contribution >= 4 is 33.1 Å². The number of nitrogens with zero attached hydrogens (tertiary/aromatic N) is 3. The number of rotatable bonds is 1. The standard InChI is InChI=1S/C18H11N3O/c1-2-6-12(7-3-1)21-14-10-19-11-20-17(14)16-13-8-4-5-9-15(13)22-18(16)21/h1-11H. The average molecular weight is 285 g/mol. The third kappa shape index (κ3) is 1.41. The molecule has 0 aliphatic rings. The maximum atomic E-state index is 6.12. The SMILES string of the molecule is c1ccc(-n2c3cncnc3c3c4ccccc4oc32)cc1. The Morgan fingerprint density at radius 3 is 2.64 bits per heavy atom. The molecule has 104 valence electrons. The Labute approximate surface area is 125 Å². The lowest BCUT2D eigenvalue weighted by atomic mass is 10.2. The normalized spacial score (nSPS) is 11.6. The molecule has 0 unspecified atom stereocenters. The zero-order valence-corrected chi connectivity index (χ0v) is 11.6. The van der Waals surface area contributed by atoms with Gasteiger partial charge in [-0.3, -0.25) is 4.57 Å². The molecule has 0 atom stereocenters. The molecule has 0 aliphatic heterocycles. The molecular formula is C18H11N3O. The predicted octanol–water partition coefficient (Wildman–Crippen LogP) is 4.32. The van der Waals surface area contributed by atoms with Crippen molar-refractivity contribution in [2.75, 3.05) is 0 Å². The Morgan fingerprint density at radius 2 is 1.73 bits per heavy atom. The molecule has 0 radical (unpaired) electrons. The zero-order chi connectivity index (χ0) is 14.5. The largest absolute Gasteiger partial charge is 0.439 e. The Hall–Kier alpha value is -3.14. The van der Waals surface area contributed by atoms with E-state index in [1.807, 2.05) is 42.6 Å². The van der Waals surface area contributed by atoms with Gasteiger partial charge in [0, 0.05) is 11.1 Å². The van der Waals surface area contributed by atoms with Crippen LogP contribution in [0.4, 0.5) is 0 Å². The van der Waals surface area contributed by atoms with Crippen LogP contribution in [0.3, 0.4) is 0 Å². The molecule has 2 aromatic carbocycles. The molecule has 5 rings (SSSR count). The van der Waals surface area contributed by atoms with Crippen molar-refractivity contribution in [1.82, 2.24) is 14.5 Å². The number of hydrogen-bond donors (Lipinski definition) is 0. The molecule has 0 saturated heterocycles. The van der Waals surface area contributed by atoms with E-state index in [9.17, 15) is 0 Å². The molecule has 3 heterocycles. The zero-order valence-electron chi connectivity index (χ0n) is 11.6. The van der Waals surface area contributed by atoms with Crippen LogP contribution in [0.1, 0.15) is 0 Å². The summed E-state index contributed by atoms with van der Waals surface area (Å²) in [5.74, 6) is 0. The van der Waals surface area contributed by atoms with Crippen molar-refractivity contribution in [2.45, 2.75) is 0 Å². The minimum Gasteiger partial charge on any atom is -0.439 e. The minimum absolute atomic E-state index is 0.808. The summed E-state index contributed by atoms with van der Waals surface area (Å²) in [5.41, 5.74) is 4.59. The van der Waals surface area contributed by atoms with Crippen LogP contribution >= 0.6 is 0 Å². The van der Waals surface area contributed by atoms with E-state index in [1.54, 1.807) is 6.33 Å². The van der Waals surface area contributed by atoms with Crippen molar-refractivity contribution in [3.8, 4) is 5.69 Å². The molecule has 0 amide bonds. The molecular weight excluding hydrogens is 274 g/mol. The van der Waals surface area contributed by atoms with E-state index in [-0.39, 0.29) is 0 Å². The van der Waals surface area contributed by atoms with Gasteiger partial charge in [-0.25, -0.2) is 9.97 Å². The summed E-state index contributed by atoms with van der Waals surface area (Å²) in [6, 6.07) is 18.2. The van der Waals surface area contributed by atoms with Gasteiger partial charge in [-0.1, -0.05) is 36.4 Å². The molecule has 0 saturated carbocycles. The number of para-hydroxylation sites is 2. The fourth-order valence-corrected chi connectivity index (χ4v) is 3.04. The molecule has 22 heavy (non-hydrogen) atoms. The summed E-state index contributed by atoms with van der Waals surface area (Å²) in [7, 11) is 0. The van der Waals surface area contributed by atoms with Gasteiger partial charge in [0.25, 0.3) is 0 Å². The summed E-state index contributed by atoms with van der Waals surface area (Å²) in [6.45, 7) is 0. The van der Waals surface area contributed by atoms with Crippen molar-refractivity contribution in [3.05, 3.63) is 67.1 Å². The van der Waals surface area contributed by atoms with Crippen LogP contribution in [0.5, 0.6) is 0 Å². The van der Waals surface area contributed by atoms with Crippen LogP contribution in [-0.2, 0) is 0 Å². The van der Waals surface area contributed by atoms with Crippen LogP contribution in [0.25, 0.3) is 38.8 Å². The molecule has 0 fully saturated rings. The maximum Gasteiger partial charge on any atom is 0.215 e. The molecule has 3 aromatic heterocycles.